The van der Waals surface area contributed by atoms with E-state index in [2.05, 4.69) is 15.5 Å². The molecule has 0 atom stereocenters. The SMILES string of the molecule is COc1ccc(-c2cc(C(=O)NCc3cc(OC)c(OC)c(OC)c3)[nH]n2)cc1. The molecule has 0 aliphatic carbocycles. The first-order valence-corrected chi connectivity index (χ1v) is 8.86. The van der Waals surface area contributed by atoms with Gasteiger partial charge in [-0.2, -0.15) is 5.10 Å². The van der Waals surface area contributed by atoms with Crippen molar-refractivity contribution in [2.24, 2.45) is 0 Å². The Hall–Kier alpha value is -3.68. The van der Waals surface area contributed by atoms with Crippen LogP contribution in [-0.2, 0) is 6.54 Å². The van der Waals surface area contributed by atoms with E-state index in [1.165, 1.54) is 0 Å². The maximum atomic E-state index is 12.5. The average Bonchev–Trinajstić information content (AvgIpc) is 3.27. The Morgan fingerprint density at radius 2 is 1.59 bits per heavy atom. The molecule has 2 aromatic carbocycles. The number of hydrogen-bond donors (Lipinski definition) is 2. The van der Waals surface area contributed by atoms with Crippen molar-refractivity contribution in [2.45, 2.75) is 6.54 Å². The van der Waals surface area contributed by atoms with Crippen LogP contribution >= 0.6 is 0 Å². The summed E-state index contributed by atoms with van der Waals surface area (Å²) in [5.41, 5.74) is 2.72. The summed E-state index contributed by atoms with van der Waals surface area (Å²) >= 11 is 0. The van der Waals surface area contributed by atoms with Gasteiger partial charge in [-0.15, -0.1) is 0 Å². The minimum Gasteiger partial charge on any atom is -0.497 e. The van der Waals surface area contributed by atoms with E-state index in [9.17, 15) is 4.79 Å². The maximum Gasteiger partial charge on any atom is 0.269 e. The van der Waals surface area contributed by atoms with Gasteiger partial charge in [-0.3, -0.25) is 9.89 Å². The first-order valence-electron chi connectivity index (χ1n) is 8.86. The molecule has 2 N–H and O–H groups in total. The fraction of sp³-hybridized carbons (Fsp3) is 0.238. The van der Waals surface area contributed by atoms with Crippen molar-refractivity contribution in [3.63, 3.8) is 0 Å². The summed E-state index contributed by atoms with van der Waals surface area (Å²) in [4.78, 5) is 12.5. The van der Waals surface area contributed by atoms with Crippen LogP contribution in [0, 0.1) is 0 Å². The van der Waals surface area contributed by atoms with Crippen LogP contribution in [0.2, 0.25) is 0 Å². The smallest absolute Gasteiger partial charge is 0.269 e. The number of carbonyl (C=O) groups is 1. The third-order valence-electron chi connectivity index (χ3n) is 4.39. The summed E-state index contributed by atoms with van der Waals surface area (Å²) in [6.45, 7) is 0.284. The number of carbonyl (C=O) groups excluding carboxylic acids is 1. The van der Waals surface area contributed by atoms with Crippen LogP contribution in [0.3, 0.4) is 0 Å². The van der Waals surface area contributed by atoms with Crippen LogP contribution < -0.4 is 24.3 Å². The Bertz CT molecular complexity index is 957. The molecule has 1 heterocycles. The summed E-state index contributed by atoms with van der Waals surface area (Å²) in [5.74, 6) is 2.04. The van der Waals surface area contributed by atoms with Crippen LogP contribution in [-0.4, -0.2) is 44.5 Å². The lowest BCUT2D eigenvalue weighted by Gasteiger charge is -2.14. The second kappa shape index (κ2) is 9.01. The van der Waals surface area contributed by atoms with E-state index in [1.54, 1.807) is 46.6 Å². The number of ether oxygens (including phenoxy) is 4. The maximum absolute atomic E-state index is 12.5. The standard InChI is InChI=1S/C21H23N3O5/c1-26-15-7-5-14(6-8-15)16-11-17(24-23-16)21(25)22-12-13-9-18(27-2)20(29-4)19(10-13)28-3/h5-11H,12H2,1-4H3,(H,22,25)(H,23,24). The third-order valence-corrected chi connectivity index (χ3v) is 4.39. The van der Waals surface area contributed by atoms with Crippen molar-refractivity contribution in [3.05, 3.63) is 53.7 Å². The molecule has 0 unspecified atom stereocenters. The summed E-state index contributed by atoms with van der Waals surface area (Å²) in [6.07, 6.45) is 0. The molecule has 8 heteroatoms. The molecule has 0 aliphatic heterocycles. The van der Waals surface area contributed by atoms with Gasteiger partial charge >= 0.3 is 0 Å². The molecule has 0 saturated heterocycles. The van der Waals surface area contributed by atoms with Gasteiger partial charge in [0.05, 0.1) is 34.1 Å². The van der Waals surface area contributed by atoms with Crippen molar-refractivity contribution in [1.82, 2.24) is 15.5 Å². The first-order chi connectivity index (χ1) is 14.1. The Kier molecular flexibility index (Phi) is 6.23. The fourth-order valence-corrected chi connectivity index (χ4v) is 2.86. The van der Waals surface area contributed by atoms with Gasteiger partial charge in [0, 0.05) is 12.1 Å². The van der Waals surface area contributed by atoms with Gasteiger partial charge in [-0.05, 0) is 48.0 Å². The second-order valence-corrected chi connectivity index (χ2v) is 6.11. The predicted molar refractivity (Wildman–Crippen MR) is 108 cm³/mol. The Morgan fingerprint density at radius 3 is 2.14 bits per heavy atom. The molecular weight excluding hydrogens is 374 g/mol. The number of nitrogens with zero attached hydrogens (tertiary/aromatic N) is 1. The molecule has 8 nitrogen and oxygen atoms in total. The Balaban J connectivity index is 1.70. The van der Waals surface area contributed by atoms with E-state index in [0.717, 1.165) is 16.9 Å². The highest BCUT2D eigenvalue weighted by atomic mass is 16.5. The van der Waals surface area contributed by atoms with E-state index >= 15 is 0 Å². The summed E-state index contributed by atoms with van der Waals surface area (Å²) in [5, 5.41) is 9.84. The number of hydrogen-bond acceptors (Lipinski definition) is 6. The minimum absolute atomic E-state index is 0.272. The van der Waals surface area contributed by atoms with E-state index < -0.39 is 0 Å². The molecule has 0 spiro atoms. The number of H-pyrrole nitrogens is 1. The number of rotatable bonds is 8. The van der Waals surface area contributed by atoms with Crippen LogP contribution in [0.1, 0.15) is 16.1 Å². The third kappa shape index (κ3) is 4.43. The molecule has 152 valence electrons. The summed E-state index contributed by atoms with van der Waals surface area (Å²) < 4.78 is 21.1. The number of aromatic amines is 1. The molecule has 0 saturated carbocycles. The second-order valence-electron chi connectivity index (χ2n) is 6.11. The quantitative estimate of drug-likeness (QED) is 0.607. The van der Waals surface area contributed by atoms with Gasteiger partial charge in [0.2, 0.25) is 5.75 Å². The lowest BCUT2D eigenvalue weighted by Crippen LogP contribution is -2.23. The Labute approximate surface area is 168 Å². The molecule has 3 aromatic rings. The topological polar surface area (TPSA) is 94.7 Å². The monoisotopic (exact) mass is 397 g/mol. The number of benzene rings is 2. The van der Waals surface area contributed by atoms with E-state index in [0.29, 0.717) is 28.6 Å². The number of methoxy groups -OCH3 is 4. The van der Waals surface area contributed by atoms with E-state index in [4.69, 9.17) is 18.9 Å². The summed E-state index contributed by atoms with van der Waals surface area (Å²) in [7, 11) is 6.25. The van der Waals surface area contributed by atoms with Gasteiger partial charge in [0.1, 0.15) is 11.4 Å². The van der Waals surface area contributed by atoms with Crippen LogP contribution in [0.4, 0.5) is 0 Å². The molecule has 1 aromatic heterocycles. The average molecular weight is 397 g/mol. The highest BCUT2D eigenvalue weighted by Gasteiger charge is 2.15. The normalized spacial score (nSPS) is 10.3. The molecule has 0 bridgehead atoms. The fourth-order valence-electron chi connectivity index (χ4n) is 2.86. The van der Waals surface area contributed by atoms with Crippen molar-refractivity contribution < 1.29 is 23.7 Å². The molecule has 3 rings (SSSR count). The molecule has 1 amide bonds. The molecule has 0 aliphatic rings. The summed E-state index contributed by atoms with van der Waals surface area (Å²) in [6, 6.07) is 12.7. The van der Waals surface area contributed by atoms with Crippen LogP contribution in [0.15, 0.2) is 42.5 Å². The Morgan fingerprint density at radius 1 is 0.931 bits per heavy atom. The van der Waals surface area contributed by atoms with E-state index in [-0.39, 0.29) is 12.5 Å². The van der Waals surface area contributed by atoms with Crippen molar-refractivity contribution in [1.29, 1.82) is 0 Å². The van der Waals surface area contributed by atoms with Crippen molar-refractivity contribution >= 4 is 5.91 Å². The molecule has 29 heavy (non-hydrogen) atoms. The zero-order chi connectivity index (χ0) is 20.8. The van der Waals surface area contributed by atoms with Gasteiger partial charge < -0.3 is 24.3 Å². The van der Waals surface area contributed by atoms with Crippen molar-refractivity contribution in [2.75, 3.05) is 28.4 Å². The highest BCUT2D eigenvalue weighted by molar-refractivity contribution is 5.93. The van der Waals surface area contributed by atoms with Crippen LogP contribution in [0.5, 0.6) is 23.0 Å². The molecule has 0 radical (unpaired) electrons. The minimum atomic E-state index is -0.272. The van der Waals surface area contributed by atoms with E-state index in [1.807, 2.05) is 24.3 Å². The first kappa shape index (κ1) is 20.1. The molecule has 0 fully saturated rings. The lowest BCUT2D eigenvalue weighted by atomic mass is 10.1. The zero-order valence-corrected chi connectivity index (χ0v) is 16.7. The largest absolute Gasteiger partial charge is 0.497 e. The van der Waals surface area contributed by atoms with Gasteiger partial charge in [0.15, 0.2) is 11.5 Å². The lowest BCUT2D eigenvalue weighted by molar-refractivity contribution is 0.0946. The highest BCUT2D eigenvalue weighted by Crippen LogP contribution is 2.38. The zero-order valence-electron chi connectivity index (χ0n) is 16.7. The number of nitrogens with one attached hydrogen (secondary N) is 2. The molecular formula is C21H23N3O5. The van der Waals surface area contributed by atoms with Crippen molar-refractivity contribution in [3.8, 4) is 34.3 Å². The van der Waals surface area contributed by atoms with Gasteiger partial charge in [0.25, 0.3) is 5.91 Å². The van der Waals surface area contributed by atoms with Crippen LogP contribution in [0.25, 0.3) is 11.3 Å². The van der Waals surface area contributed by atoms with Gasteiger partial charge in [-0.1, -0.05) is 0 Å². The number of aromatic nitrogens is 2. The number of amides is 1. The van der Waals surface area contributed by atoms with Gasteiger partial charge in [-0.25, -0.2) is 0 Å². The predicted octanol–water partition coefficient (Wildman–Crippen LogP) is 3.04.